The van der Waals surface area contributed by atoms with Crippen molar-refractivity contribution in [3.05, 3.63) is 73.2 Å². The average Bonchev–Trinajstić information content (AvgIpc) is 3.14. The minimum atomic E-state index is -0.302. The molecule has 0 saturated carbocycles. The number of nitrogens with zero attached hydrogens (tertiary/aromatic N) is 2. The molecule has 1 N–H and O–H groups in total. The zero-order valence-corrected chi connectivity index (χ0v) is 12.7. The van der Waals surface area contributed by atoms with Crippen molar-refractivity contribution in [3.63, 3.8) is 0 Å². The van der Waals surface area contributed by atoms with Crippen LogP contribution >= 0.6 is 0 Å². The smallest absolute Gasteiger partial charge is 0.243 e. The maximum Gasteiger partial charge on any atom is 0.243 e. The number of benzene rings is 1. The van der Waals surface area contributed by atoms with E-state index in [4.69, 9.17) is 4.42 Å². The van der Waals surface area contributed by atoms with Gasteiger partial charge in [0, 0.05) is 11.8 Å². The molecule has 0 unspecified atom stereocenters. The molecule has 5 nitrogen and oxygen atoms in total. The van der Waals surface area contributed by atoms with E-state index in [0.29, 0.717) is 17.1 Å². The third-order valence-corrected chi connectivity index (χ3v) is 3.43. The van der Waals surface area contributed by atoms with Gasteiger partial charge < -0.3 is 9.73 Å². The van der Waals surface area contributed by atoms with E-state index in [9.17, 15) is 9.18 Å². The molecule has 1 aromatic carbocycles. The molecule has 24 heavy (non-hydrogen) atoms. The van der Waals surface area contributed by atoms with E-state index in [1.54, 1.807) is 18.3 Å². The Morgan fingerprint density at radius 1 is 1.25 bits per heavy atom. The normalized spacial score (nSPS) is 10.4. The lowest BCUT2D eigenvalue weighted by Crippen LogP contribution is -2.21. The van der Waals surface area contributed by atoms with Crippen LogP contribution in [0.4, 0.5) is 4.39 Å². The van der Waals surface area contributed by atoms with Gasteiger partial charge in [0.2, 0.25) is 11.8 Å². The highest BCUT2D eigenvalue weighted by Crippen LogP contribution is 2.27. The quantitative estimate of drug-likeness (QED) is 0.731. The SMILES string of the molecule is C=CC(=O)NCc1ncc(-c2ccc(F)cc2)cc1-c1ncco1. The summed E-state index contributed by atoms with van der Waals surface area (Å²) in [5.74, 6) is -0.199. The molecule has 1 amide bonds. The van der Waals surface area contributed by atoms with Gasteiger partial charge in [-0.3, -0.25) is 9.78 Å². The van der Waals surface area contributed by atoms with Crippen molar-refractivity contribution < 1.29 is 13.6 Å². The lowest BCUT2D eigenvalue weighted by Gasteiger charge is -2.09. The number of aromatic nitrogens is 2. The molecular formula is C18H14FN3O2. The summed E-state index contributed by atoms with van der Waals surface area (Å²) in [7, 11) is 0. The van der Waals surface area contributed by atoms with Gasteiger partial charge >= 0.3 is 0 Å². The summed E-state index contributed by atoms with van der Waals surface area (Å²) in [4.78, 5) is 19.9. The van der Waals surface area contributed by atoms with Crippen LogP contribution in [0.15, 0.2) is 66.1 Å². The summed E-state index contributed by atoms with van der Waals surface area (Å²) in [6.07, 6.45) is 5.85. The molecule has 2 heterocycles. The zero-order valence-electron chi connectivity index (χ0n) is 12.7. The summed E-state index contributed by atoms with van der Waals surface area (Å²) in [6, 6.07) is 7.97. The van der Waals surface area contributed by atoms with Crippen LogP contribution in [-0.2, 0) is 11.3 Å². The number of nitrogens with one attached hydrogen (secondary N) is 1. The summed E-state index contributed by atoms with van der Waals surface area (Å²) in [6.45, 7) is 3.63. The molecule has 0 saturated heterocycles. The number of carbonyl (C=O) groups excluding carboxylic acids is 1. The maximum atomic E-state index is 13.1. The second-order valence-electron chi connectivity index (χ2n) is 4.98. The van der Waals surface area contributed by atoms with E-state index in [1.807, 2.05) is 6.07 Å². The Bertz CT molecular complexity index is 858. The first kappa shape index (κ1) is 15.6. The van der Waals surface area contributed by atoms with Crippen molar-refractivity contribution in [1.82, 2.24) is 15.3 Å². The fraction of sp³-hybridized carbons (Fsp3) is 0.0556. The molecule has 6 heteroatoms. The van der Waals surface area contributed by atoms with Crippen LogP contribution in [0.3, 0.4) is 0 Å². The summed E-state index contributed by atoms with van der Waals surface area (Å²) in [5.41, 5.74) is 2.88. The van der Waals surface area contributed by atoms with Gasteiger partial charge in [0.1, 0.15) is 12.1 Å². The third-order valence-electron chi connectivity index (χ3n) is 3.43. The molecule has 0 atom stereocenters. The Kier molecular flexibility index (Phi) is 4.47. The number of hydrogen-bond acceptors (Lipinski definition) is 4. The Balaban J connectivity index is 1.99. The molecule has 0 bridgehead atoms. The molecule has 0 aliphatic rings. The molecule has 0 aliphatic carbocycles. The number of rotatable bonds is 5. The topological polar surface area (TPSA) is 68.0 Å². The van der Waals surface area contributed by atoms with Gasteiger partial charge in [-0.2, -0.15) is 0 Å². The predicted octanol–water partition coefficient (Wildman–Crippen LogP) is 3.34. The first-order valence-corrected chi connectivity index (χ1v) is 7.22. The molecule has 0 aliphatic heterocycles. The monoisotopic (exact) mass is 323 g/mol. The zero-order chi connectivity index (χ0) is 16.9. The number of oxazole rings is 1. The second-order valence-corrected chi connectivity index (χ2v) is 4.98. The van der Waals surface area contributed by atoms with Crippen molar-refractivity contribution in [1.29, 1.82) is 0 Å². The first-order chi connectivity index (χ1) is 11.7. The second kappa shape index (κ2) is 6.87. The first-order valence-electron chi connectivity index (χ1n) is 7.22. The Morgan fingerprint density at radius 3 is 2.71 bits per heavy atom. The standard InChI is InChI=1S/C18H14FN3O2/c1-2-17(23)22-11-16-15(18-20-7-8-24-18)9-13(10-21-16)12-3-5-14(19)6-4-12/h2-10H,1,11H2,(H,22,23). The minimum absolute atomic E-state index is 0.215. The number of pyridine rings is 1. The molecule has 3 aromatic rings. The van der Waals surface area contributed by atoms with Crippen molar-refractivity contribution >= 4 is 5.91 Å². The number of amides is 1. The maximum absolute atomic E-state index is 13.1. The van der Waals surface area contributed by atoms with Crippen LogP contribution in [0, 0.1) is 5.82 Å². The van der Waals surface area contributed by atoms with Crippen LogP contribution in [-0.4, -0.2) is 15.9 Å². The van der Waals surface area contributed by atoms with Gasteiger partial charge in [-0.15, -0.1) is 0 Å². The van der Waals surface area contributed by atoms with Gasteiger partial charge in [-0.05, 0) is 29.8 Å². The fourth-order valence-electron chi connectivity index (χ4n) is 2.22. The summed E-state index contributed by atoms with van der Waals surface area (Å²) in [5, 5.41) is 2.68. The van der Waals surface area contributed by atoms with E-state index in [-0.39, 0.29) is 18.3 Å². The van der Waals surface area contributed by atoms with Crippen LogP contribution in [0.2, 0.25) is 0 Å². The summed E-state index contributed by atoms with van der Waals surface area (Å²) < 4.78 is 18.4. The number of hydrogen-bond donors (Lipinski definition) is 1. The Hall–Kier alpha value is -3.28. The highest BCUT2D eigenvalue weighted by atomic mass is 19.1. The van der Waals surface area contributed by atoms with Crippen molar-refractivity contribution in [2.24, 2.45) is 0 Å². The molecular weight excluding hydrogens is 309 g/mol. The fourth-order valence-corrected chi connectivity index (χ4v) is 2.22. The van der Waals surface area contributed by atoms with Crippen LogP contribution in [0.1, 0.15) is 5.69 Å². The van der Waals surface area contributed by atoms with Crippen LogP contribution in [0.5, 0.6) is 0 Å². The van der Waals surface area contributed by atoms with Gasteiger partial charge in [-0.25, -0.2) is 9.37 Å². The van der Waals surface area contributed by atoms with Gasteiger partial charge in [0.15, 0.2) is 0 Å². The highest BCUT2D eigenvalue weighted by Gasteiger charge is 2.13. The van der Waals surface area contributed by atoms with Crippen molar-refractivity contribution in [2.45, 2.75) is 6.54 Å². The minimum Gasteiger partial charge on any atom is -0.444 e. The van der Waals surface area contributed by atoms with Gasteiger partial charge in [0.25, 0.3) is 0 Å². The molecule has 120 valence electrons. The van der Waals surface area contributed by atoms with Gasteiger partial charge in [-0.1, -0.05) is 18.7 Å². The molecule has 0 fully saturated rings. The molecule has 3 rings (SSSR count). The van der Waals surface area contributed by atoms with Crippen molar-refractivity contribution in [3.8, 4) is 22.6 Å². The van der Waals surface area contributed by atoms with Crippen LogP contribution in [0.25, 0.3) is 22.6 Å². The van der Waals surface area contributed by atoms with Crippen molar-refractivity contribution in [2.75, 3.05) is 0 Å². The number of halogens is 1. The number of carbonyl (C=O) groups is 1. The van der Waals surface area contributed by atoms with Gasteiger partial charge in [0.05, 0.1) is 24.0 Å². The molecule has 0 spiro atoms. The summed E-state index contributed by atoms with van der Waals surface area (Å²) >= 11 is 0. The lowest BCUT2D eigenvalue weighted by atomic mass is 10.0. The molecule has 0 radical (unpaired) electrons. The average molecular weight is 323 g/mol. The largest absolute Gasteiger partial charge is 0.444 e. The van der Waals surface area contributed by atoms with E-state index in [1.165, 1.54) is 30.7 Å². The Labute approximate surface area is 137 Å². The Morgan fingerprint density at radius 2 is 2.04 bits per heavy atom. The van der Waals surface area contributed by atoms with Crippen LogP contribution < -0.4 is 5.32 Å². The third kappa shape index (κ3) is 3.38. The predicted molar refractivity (Wildman–Crippen MR) is 87.2 cm³/mol. The lowest BCUT2D eigenvalue weighted by molar-refractivity contribution is -0.116. The van der Waals surface area contributed by atoms with E-state index in [2.05, 4.69) is 21.9 Å². The van der Waals surface area contributed by atoms with E-state index >= 15 is 0 Å². The van der Waals surface area contributed by atoms with E-state index in [0.717, 1.165) is 11.1 Å². The highest BCUT2D eigenvalue weighted by molar-refractivity contribution is 5.86. The molecule has 2 aromatic heterocycles. The van der Waals surface area contributed by atoms with E-state index < -0.39 is 0 Å².